The number of hydrogen-bond acceptors (Lipinski definition) is 6. The van der Waals surface area contributed by atoms with E-state index in [1.807, 2.05) is 12.1 Å². The van der Waals surface area contributed by atoms with E-state index in [0.29, 0.717) is 18.0 Å². The van der Waals surface area contributed by atoms with E-state index >= 15 is 0 Å². The second-order valence-corrected chi connectivity index (χ2v) is 9.28. The highest BCUT2D eigenvalue weighted by atomic mass is 32.2. The van der Waals surface area contributed by atoms with Crippen LogP contribution in [0.1, 0.15) is 12.0 Å². The van der Waals surface area contributed by atoms with Crippen LogP contribution in [-0.2, 0) is 21.2 Å². The summed E-state index contributed by atoms with van der Waals surface area (Å²) >= 11 is 0. The third-order valence-corrected chi connectivity index (χ3v) is 6.38. The molecule has 0 fully saturated rings. The minimum absolute atomic E-state index is 0.287. The van der Waals surface area contributed by atoms with Crippen molar-refractivity contribution in [2.75, 3.05) is 55.9 Å². The van der Waals surface area contributed by atoms with E-state index in [1.165, 1.54) is 25.5 Å². The lowest BCUT2D eigenvalue weighted by molar-refractivity contribution is -0.119. The molecule has 0 spiro atoms. The summed E-state index contributed by atoms with van der Waals surface area (Å²) in [4.78, 5) is 14.8. The van der Waals surface area contributed by atoms with Crippen LogP contribution in [0.4, 0.5) is 11.4 Å². The highest BCUT2D eigenvalue weighted by Gasteiger charge is 2.24. The molecule has 8 nitrogen and oxygen atoms in total. The maximum atomic E-state index is 12.5. The largest absolute Gasteiger partial charge is 0.497 e. The fourth-order valence-corrected chi connectivity index (χ4v) is 4.55. The molecule has 1 aliphatic heterocycles. The van der Waals surface area contributed by atoms with Crippen molar-refractivity contribution in [3.63, 3.8) is 0 Å². The van der Waals surface area contributed by atoms with Crippen molar-refractivity contribution in [1.29, 1.82) is 0 Å². The van der Waals surface area contributed by atoms with Crippen LogP contribution in [0.15, 0.2) is 42.5 Å². The summed E-state index contributed by atoms with van der Waals surface area (Å²) in [5.41, 5.74) is 2.89. The SMILES string of the molecule is COc1ccc(N(CC(=O)NCCCN2CCc3ccccc32)S(C)(=O)=O)c(OC)c1. The molecule has 1 aliphatic rings. The van der Waals surface area contributed by atoms with Gasteiger partial charge in [-0.25, -0.2) is 8.42 Å². The summed E-state index contributed by atoms with van der Waals surface area (Å²) in [6.07, 6.45) is 2.87. The third-order valence-electron chi connectivity index (χ3n) is 5.25. The molecule has 0 saturated heterocycles. The van der Waals surface area contributed by atoms with E-state index in [-0.39, 0.29) is 18.1 Å². The lowest BCUT2D eigenvalue weighted by Crippen LogP contribution is -2.41. The molecule has 0 bridgehead atoms. The smallest absolute Gasteiger partial charge is 0.240 e. The number of methoxy groups -OCH3 is 2. The van der Waals surface area contributed by atoms with Gasteiger partial charge in [-0.15, -0.1) is 0 Å². The molecule has 0 unspecified atom stereocenters. The summed E-state index contributed by atoms with van der Waals surface area (Å²) in [5.74, 6) is 0.470. The number of rotatable bonds is 10. The summed E-state index contributed by atoms with van der Waals surface area (Å²) in [7, 11) is -0.748. The maximum absolute atomic E-state index is 12.5. The van der Waals surface area contributed by atoms with Crippen LogP contribution in [0, 0.1) is 0 Å². The van der Waals surface area contributed by atoms with Gasteiger partial charge in [0, 0.05) is 31.4 Å². The van der Waals surface area contributed by atoms with Crippen LogP contribution >= 0.6 is 0 Å². The maximum Gasteiger partial charge on any atom is 0.240 e. The monoisotopic (exact) mass is 447 g/mol. The van der Waals surface area contributed by atoms with Gasteiger partial charge in [-0.1, -0.05) is 18.2 Å². The summed E-state index contributed by atoms with van der Waals surface area (Å²) in [6.45, 7) is 1.95. The van der Waals surface area contributed by atoms with Crippen molar-refractivity contribution >= 4 is 27.3 Å². The highest BCUT2D eigenvalue weighted by Crippen LogP contribution is 2.33. The third kappa shape index (κ3) is 5.61. The van der Waals surface area contributed by atoms with E-state index in [0.717, 1.165) is 36.5 Å². The van der Waals surface area contributed by atoms with Crippen molar-refractivity contribution in [2.45, 2.75) is 12.8 Å². The molecule has 0 aliphatic carbocycles. The Morgan fingerprint density at radius 2 is 1.94 bits per heavy atom. The number of sulfonamides is 1. The Balaban J connectivity index is 1.57. The van der Waals surface area contributed by atoms with Gasteiger partial charge in [0.15, 0.2) is 0 Å². The van der Waals surface area contributed by atoms with Crippen LogP contribution in [0.5, 0.6) is 11.5 Å². The van der Waals surface area contributed by atoms with Crippen molar-refractivity contribution < 1.29 is 22.7 Å². The van der Waals surface area contributed by atoms with Gasteiger partial charge in [-0.05, 0) is 36.6 Å². The molecule has 168 valence electrons. The van der Waals surface area contributed by atoms with Gasteiger partial charge in [-0.2, -0.15) is 0 Å². The van der Waals surface area contributed by atoms with Crippen LogP contribution in [0.3, 0.4) is 0 Å². The van der Waals surface area contributed by atoms with E-state index in [4.69, 9.17) is 9.47 Å². The van der Waals surface area contributed by atoms with Crippen LogP contribution in [0.25, 0.3) is 0 Å². The number of para-hydroxylation sites is 1. The molecule has 31 heavy (non-hydrogen) atoms. The molecular weight excluding hydrogens is 418 g/mol. The number of hydrogen-bond donors (Lipinski definition) is 1. The summed E-state index contributed by atoms with van der Waals surface area (Å²) < 4.78 is 36.2. The lowest BCUT2D eigenvalue weighted by Gasteiger charge is -2.24. The second kappa shape index (κ2) is 9.91. The zero-order valence-electron chi connectivity index (χ0n) is 18.1. The van der Waals surface area contributed by atoms with Crippen LogP contribution in [0.2, 0.25) is 0 Å². The normalized spacial score (nSPS) is 12.9. The minimum atomic E-state index is -3.70. The Hall–Kier alpha value is -2.94. The molecule has 1 heterocycles. The zero-order valence-corrected chi connectivity index (χ0v) is 18.9. The first-order chi connectivity index (χ1) is 14.8. The Kier molecular flexibility index (Phi) is 7.27. The molecule has 0 atom stereocenters. The van der Waals surface area contributed by atoms with Gasteiger partial charge >= 0.3 is 0 Å². The number of carbonyl (C=O) groups excluding carboxylic acids is 1. The molecular formula is C22H29N3O5S. The Morgan fingerprint density at radius 1 is 1.16 bits per heavy atom. The molecule has 2 aromatic carbocycles. The molecule has 0 aromatic heterocycles. The average molecular weight is 448 g/mol. The molecule has 2 aromatic rings. The lowest BCUT2D eigenvalue weighted by atomic mass is 10.2. The van der Waals surface area contributed by atoms with Gasteiger partial charge in [0.25, 0.3) is 0 Å². The van der Waals surface area contributed by atoms with Crippen molar-refractivity contribution in [1.82, 2.24) is 5.32 Å². The number of ether oxygens (including phenoxy) is 2. The van der Waals surface area contributed by atoms with Crippen molar-refractivity contribution in [2.24, 2.45) is 0 Å². The second-order valence-electron chi connectivity index (χ2n) is 7.38. The first-order valence-electron chi connectivity index (χ1n) is 10.1. The first kappa shape index (κ1) is 22.7. The number of nitrogens with zero attached hydrogens (tertiary/aromatic N) is 2. The van der Waals surface area contributed by atoms with Crippen LogP contribution < -0.4 is 24.0 Å². The van der Waals surface area contributed by atoms with E-state index in [1.54, 1.807) is 18.2 Å². The molecule has 0 saturated carbocycles. The van der Waals surface area contributed by atoms with Crippen molar-refractivity contribution in [3.05, 3.63) is 48.0 Å². The number of benzene rings is 2. The molecule has 1 N–H and O–H groups in total. The quantitative estimate of drug-likeness (QED) is 0.561. The Labute approximate surface area is 183 Å². The highest BCUT2D eigenvalue weighted by molar-refractivity contribution is 7.92. The zero-order chi connectivity index (χ0) is 22.4. The van der Waals surface area contributed by atoms with Gasteiger partial charge in [-0.3, -0.25) is 9.10 Å². The van der Waals surface area contributed by atoms with Gasteiger partial charge in [0.1, 0.15) is 18.0 Å². The summed E-state index contributed by atoms with van der Waals surface area (Å²) in [6, 6.07) is 13.1. The first-order valence-corrected chi connectivity index (χ1v) is 12.0. The number of carbonyl (C=O) groups is 1. The van der Waals surface area contributed by atoms with Crippen molar-refractivity contribution in [3.8, 4) is 11.5 Å². The Morgan fingerprint density at radius 3 is 2.65 bits per heavy atom. The van der Waals surface area contributed by atoms with Gasteiger partial charge in [0.05, 0.1) is 26.2 Å². The average Bonchev–Trinajstić information content (AvgIpc) is 3.17. The van der Waals surface area contributed by atoms with Gasteiger partial charge < -0.3 is 19.7 Å². The van der Waals surface area contributed by atoms with E-state index < -0.39 is 10.0 Å². The fourth-order valence-electron chi connectivity index (χ4n) is 3.69. The minimum Gasteiger partial charge on any atom is -0.497 e. The number of amides is 1. The standard InChI is InChI=1S/C22H29N3O5S/c1-29-18-9-10-20(21(15-18)30-2)25(31(3,27)28)16-22(26)23-12-6-13-24-14-11-17-7-4-5-8-19(17)24/h4-5,7-10,15H,6,11-14,16H2,1-3H3,(H,23,26). The topological polar surface area (TPSA) is 88.2 Å². The molecule has 0 radical (unpaired) electrons. The Bertz CT molecular complexity index is 1030. The van der Waals surface area contributed by atoms with Gasteiger partial charge in [0.2, 0.25) is 15.9 Å². The molecule has 9 heteroatoms. The summed E-state index contributed by atoms with van der Waals surface area (Å²) in [5, 5.41) is 2.83. The predicted octanol–water partition coefficient (Wildman–Crippen LogP) is 2.04. The fraction of sp³-hybridized carbons (Fsp3) is 0.409. The van der Waals surface area contributed by atoms with E-state index in [2.05, 4.69) is 22.3 Å². The number of anilines is 2. The predicted molar refractivity (Wildman–Crippen MR) is 122 cm³/mol. The van der Waals surface area contributed by atoms with Crippen LogP contribution in [-0.4, -0.2) is 61.0 Å². The number of nitrogens with one attached hydrogen (secondary N) is 1. The molecule has 3 rings (SSSR count). The number of fused-ring (bicyclic) bond motifs is 1. The molecule has 1 amide bonds. The van der Waals surface area contributed by atoms with E-state index in [9.17, 15) is 13.2 Å².